The van der Waals surface area contributed by atoms with Crippen molar-refractivity contribution in [1.29, 1.82) is 0 Å². The summed E-state index contributed by atoms with van der Waals surface area (Å²) >= 11 is 0. The number of carbonyl (C=O) groups is 1. The van der Waals surface area contributed by atoms with Crippen LogP contribution in [-0.2, 0) is 11.2 Å². The molecule has 0 saturated heterocycles. The van der Waals surface area contributed by atoms with Crippen LogP contribution in [0.4, 0.5) is 5.69 Å². The third-order valence-electron chi connectivity index (χ3n) is 3.14. The van der Waals surface area contributed by atoms with Gasteiger partial charge in [0.05, 0.1) is 18.1 Å². The molecule has 0 fully saturated rings. The SMILES string of the molecule is O=C(CCc1c[nH]c2ccccc12)Nc1cncnc1. The van der Waals surface area contributed by atoms with Crippen molar-refractivity contribution in [2.75, 3.05) is 5.32 Å². The van der Waals surface area contributed by atoms with Crippen molar-refractivity contribution in [2.45, 2.75) is 12.8 Å². The number of aromatic nitrogens is 3. The van der Waals surface area contributed by atoms with Gasteiger partial charge < -0.3 is 10.3 Å². The topological polar surface area (TPSA) is 70.7 Å². The lowest BCUT2D eigenvalue weighted by atomic mass is 10.1. The number of hydrogen-bond acceptors (Lipinski definition) is 3. The predicted octanol–water partition coefficient (Wildman–Crippen LogP) is 2.53. The van der Waals surface area contributed by atoms with Gasteiger partial charge in [0.25, 0.3) is 0 Å². The first kappa shape index (κ1) is 12.3. The fourth-order valence-corrected chi connectivity index (χ4v) is 2.17. The van der Waals surface area contributed by atoms with E-state index in [2.05, 4.69) is 26.3 Å². The van der Waals surface area contributed by atoms with Crippen molar-refractivity contribution in [3.05, 3.63) is 54.7 Å². The minimum absolute atomic E-state index is 0.0370. The quantitative estimate of drug-likeness (QED) is 0.762. The molecule has 0 saturated carbocycles. The third kappa shape index (κ3) is 2.66. The Labute approximate surface area is 116 Å². The van der Waals surface area contributed by atoms with E-state index in [0.29, 0.717) is 18.5 Å². The molecule has 20 heavy (non-hydrogen) atoms. The van der Waals surface area contributed by atoms with Gasteiger partial charge in [-0.1, -0.05) is 18.2 Å². The zero-order valence-corrected chi connectivity index (χ0v) is 10.8. The molecule has 100 valence electrons. The number of carbonyl (C=O) groups excluding carboxylic acids is 1. The number of anilines is 1. The second-order valence-corrected chi connectivity index (χ2v) is 4.53. The minimum Gasteiger partial charge on any atom is -0.361 e. The molecule has 3 aromatic rings. The van der Waals surface area contributed by atoms with Gasteiger partial charge in [-0.15, -0.1) is 0 Å². The molecule has 5 nitrogen and oxygen atoms in total. The summed E-state index contributed by atoms with van der Waals surface area (Å²) in [6.07, 6.45) is 7.68. The van der Waals surface area contributed by atoms with Crippen LogP contribution in [0.5, 0.6) is 0 Å². The van der Waals surface area contributed by atoms with Crippen LogP contribution in [0.1, 0.15) is 12.0 Å². The monoisotopic (exact) mass is 266 g/mol. The molecule has 0 aliphatic heterocycles. The summed E-state index contributed by atoms with van der Waals surface area (Å²) in [6, 6.07) is 8.08. The number of aromatic amines is 1. The maximum absolute atomic E-state index is 11.9. The largest absolute Gasteiger partial charge is 0.361 e. The highest BCUT2D eigenvalue weighted by atomic mass is 16.1. The van der Waals surface area contributed by atoms with Crippen LogP contribution >= 0.6 is 0 Å². The fraction of sp³-hybridized carbons (Fsp3) is 0.133. The molecule has 0 spiro atoms. The molecule has 2 N–H and O–H groups in total. The molecule has 0 unspecified atom stereocenters. The first-order chi connectivity index (χ1) is 9.83. The molecular weight excluding hydrogens is 252 g/mol. The van der Waals surface area contributed by atoms with Crippen molar-refractivity contribution < 1.29 is 4.79 Å². The number of H-pyrrole nitrogens is 1. The molecule has 0 radical (unpaired) electrons. The number of hydrogen-bond donors (Lipinski definition) is 2. The summed E-state index contributed by atoms with van der Waals surface area (Å²) in [5.74, 6) is -0.0370. The average molecular weight is 266 g/mol. The molecule has 0 aliphatic carbocycles. The van der Waals surface area contributed by atoms with Gasteiger partial charge in [0, 0.05) is 23.5 Å². The molecule has 1 amide bonds. The highest BCUT2D eigenvalue weighted by Crippen LogP contribution is 2.19. The molecule has 2 aromatic heterocycles. The molecule has 5 heteroatoms. The number of aryl methyl sites for hydroxylation is 1. The summed E-state index contributed by atoms with van der Waals surface area (Å²) in [5, 5.41) is 3.95. The van der Waals surface area contributed by atoms with E-state index < -0.39 is 0 Å². The Hall–Kier alpha value is -2.69. The molecule has 0 aliphatic rings. The molecule has 3 rings (SSSR count). The van der Waals surface area contributed by atoms with E-state index in [1.54, 1.807) is 12.4 Å². The normalized spacial score (nSPS) is 10.6. The van der Waals surface area contributed by atoms with E-state index >= 15 is 0 Å². The Morgan fingerprint density at radius 1 is 1.20 bits per heavy atom. The summed E-state index contributed by atoms with van der Waals surface area (Å²) in [5.41, 5.74) is 2.87. The molecule has 0 atom stereocenters. The van der Waals surface area contributed by atoms with Crippen LogP contribution in [0, 0.1) is 0 Å². The van der Waals surface area contributed by atoms with E-state index in [0.717, 1.165) is 11.1 Å². The number of rotatable bonds is 4. The van der Waals surface area contributed by atoms with Gasteiger partial charge in [-0.3, -0.25) is 4.79 Å². The van der Waals surface area contributed by atoms with E-state index in [-0.39, 0.29) is 5.91 Å². The predicted molar refractivity (Wildman–Crippen MR) is 77.3 cm³/mol. The lowest BCUT2D eigenvalue weighted by Crippen LogP contribution is -2.12. The molecule has 1 aromatic carbocycles. The standard InChI is InChI=1S/C15H14N4O/c20-15(19-12-8-16-10-17-9-12)6-5-11-7-18-14-4-2-1-3-13(11)14/h1-4,7-10,18H,5-6H2,(H,19,20). The van der Waals surface area contributed by atoms with E-state index in [1.807, 2.05) is 24.4 Å². The van der Waals surface area contributed by atoms with Gasteiger partial charge in [-0.2, -0.15) is 0 Å². The van der Waals surface area contributed by atoms with Crippen molar-refractivity contribution in [2.24, 2.45) is 0 Å². The number of amides is 1. The van der Waals surface area contributed by atoms with Gasteiger partial charge in [0.2, 0.25) is 5.91 Å². The van der Waals surface area contributed by atoms with Crippen molar-refractivity contribution in [3.63, 3.8) is 0 Å². The van der Waals surface area contributed by atoms with Crippen LogP contribution in [-0.4, -0.2) is 20.9 Å². The van der Waals surface area contributed by atoms with Crippen molar-refractivity contribution >= 4 is 22.5 Å². The summed E-state index contributed by atoms with van der Waals surface area (Å²) in [6.45, 7) is 0. The maximum Gasteiger partial charge on any atom is 0.224 e. The first-order valence-electron chi connectivity index (χ1n) is 6.43. The second-order valence-electron chi connectivity index (χ2n) is 4.53. The van der Waals surface area contributed by atoms with Crippen molar-refractivity contribution in [3.8, 4) is 0 Å². The minimum atomic E-state index is -0.0370. The number of nitrogens with zero attached hydrogens (tertiary/aromatic N) is 2. The van der Waals surface area contributed by atoms with E-state index in [1.165, 1.54) is 11.7 Å². The summed E-state index contributed by atoms with van der Waals surface area (Å²) < 4.78 is 0. The molecule has 0 bridgehead atoms. The van der Waals surface area contributed by atoms with Gasteiger partial charge >= 0.3 is 0 Å². The first-order valence-corrected chi connectivity index (χ1v) is 6.43. The Morgan fingerprint density at radius 2 is 2.00 bits per heavy atom. The zero-order chi connectivity index (χ0) is 13.8. The second kappa shape index (κ2) is 5.52. The van der Waals surface area contributed by atoms with Crippen LogP contribution in [0.15, 0.2) is 49.2 Å². The highest BCUT2D eigenvalue weighted by Gasteiger charge is 2.07. The number of para-hydroxylation sites is 1. The summed E-state index contributed by atoms with van der Waals surface area (Å²) in [4.78, 5) is 22.8. The van der Waals surface area contributed by atoms with Crippen LogP contribution < -0.4 is 5.32 Å². The Bertz CT molecular complexity index is 721. The average Bonchev–Trinajstić information content (AvgIpc) is 2.89. The van der Waals surface area contributed by atoms with E-state index in [4.69, 9.17) is 0 Å². The van der Waals surface area contributed by atoms with E-state index in [9.17, 15) is 4.79 Å². The maximum atomic E-state index is 11.9. The third-order valence-corrected chi connectivity index (χ3v) is 3.14. The Balaban J connectivity index is 1.63. The molecule has 2 heterocycles. The van der Waals surface area contributed by atoms with Crippen LogP contribution in [0.25, 0.3) is 10.9 Å². The van der Waals surface area contributed by atoms with Crippen LogP contribution in [0.3, 0.4) is 0 Å². The van der Waals surface area contributed by atoms with Crippen LogP contribution in [0.2, 0.25) is 0 Å². The smallest absolute Gasteiger partial charge is 0.224 e. The number of fused-ring (bicyclic) bond motifs is 1. The van der Waals surface area contributed by atoms with Gasteiger partial charge in [0.15, 0.2) is 0 Å². The van der Waals surface area contributed by atoms with Crippen molar-refractivity contribution in [1.82, 2.24) is 15.0 Å². The fourth-order valence-electron chi connectivity index (χ4n) is 2.17. The zero-order valence-electron chi connectivity index (χ0n) is 10.8. The number of nitrogens with one attached hydrogen (secondary N) is 2. The lowest BCUT2D eigenvalue weighted by molar-refractivity contribution is -0.116. The van der Waals surface area contributed by atoms with Gasteiger partial charge in [0.1, 0.15) is 6.33 Å². The van der Waals surface area contributed by atoms with Gasteiger partial charge in [-0.05, 0) is 18.1 Å². The van der Waals surface area contributed by atoms with Gasteiger partial charge in [-0.25, -0.2) is 9.97 Å². The Morgan fingerprint density at radius 3 is 2.85 bits per heavy atom. The summed E-state index contributed by atoms with van der Waals surface area (Å²) in [7, 11) is 0. The highest BCUT2D eigenvalue weighted by molar-refractivity contribution is 5.91. The molecular formula is C15H14N4O. The number of benzene rings is 1. The lowest BCUT2D eigenvalue weighted by Gasteiger charge is -2.03. The Kier molecular flexibility index (Phi) is 3.41.